The summed E-state index contributed by atoms with van der Waals surface area (Å²) < 4.78 is 6.09. The summed E-state index contributed by atoms with van der Waals surface area (Å²) in [5, 5.41) is 6.49. The third-order valence-corrected chi connectivity index (χ3v) is 3.60. The molecule has 0 aliphatic heterocycles. The summed E-state index contributed by atoms with van der Waals surface area (Å²) in [5.74, 6) is 0.817. The highest BCUT2D eigenvalue weighted by Gasteiger charge is 2.22. The van der Waals surface area contributed by atoms with Gasteiger partial charge in [-0.15, -0.1) is 0 Å². The van der Waals surface area contributed by atoms with E-state index in [0.717, 1.165) is 10.0 Å². The number of nitrogens with one attached hydrogen (secondary N) is 1. The Bertz CT molecular complexity index is 644. The van der Waals surface area contributed by atoms with Crippen LogP contribution in [0.3, 0.4) is 0 Å². The van der Waals surface area contributed by atoms with Gasteiger partial charge in [0, 0.05) is 22.2 Å². The van der Waals surface area contributed by atoms with Gasteiger partial charge in [0.05, 0.1) is 0 Å². The van der Waals surface area contributed by atoms with Gasteiger partial charge < -0.3 is 9.84 Å². The molecule has 106 valence electrons. The molecule has 0 radical (unpaired) electrons. The summed E-state index contributed by atoms with van der Waals surface area (Å²) in [6.07, 6.45) is 1.65. The molecule has 2 heterocycles. The first-order chi connectivity index (χ1) is 9.27. The number of rotatable bonds is 2. The molecule has 0 aliphatic rings. The van der Waals surface area contributed by atoms with Gasteiger partial charge in [-0.05, 0) is 34.5 Å². The Kier molecular flexibility index (Phi) is 3.94. The summed E-state index contributed by atoms with van der Waals surface area (Å²) in [4.78, 5) is 16.2. The summed E-state index contributed by atoms with van der Waals surface area (Å²) >= 11 is 3.36. The zero-order valence-corrected chi connectivity index (χ0v) is 13.4. The zero-order chi connectivity index (χ0) is 14.9. The fourth-order valence-corrected chi connectivity index (χ4v) is 1.74. The molecule has 0 fully saturated rings. The molecule has 1 amide bonds. The molecule has 0 bridgehead atoms. The molecule has 2 rings (SSSR count). The Morgan fingerprint density at radius 3 is 2.60 bits per heavy atom. The largest absolute Gasteiger partial charge is 0.360 e. The van der Waals surface area contributed by atoms with E-state index in [1.807, 2.05) is 27.7 Å². The zero-order valence-electron chi connectivity index (χ0n) is 11.8. The van der Waals surface area contributed by atoms with Crippen molar-refractivity contribution in [1.82, 2.24) is 10.1 Å². The second-order valence-electron chi connectivity index (χ2n) is 5.60. The van der Waals surface area contributed by atoms with Crippen molar-refractivity contribution in [3.8, 4) is 0 Å². The van der Waals surface area contributed by atoms with Crippen molar-refractivity contribution in [3.63, 3.8) is 0 Å². The fourth-order valence-electron chi connectivity index (χ4n) is 1.52. The lowest BCUT2D eigenvalue weighted by molar-refractivity contribution is 0.101. The van der Waals surface area contributed by atoms with Gasteiger partial charge in [-0.3, -0.25) is 4.79 Å². The average Bonchev–Trinajstić information content (AvgIpc) is 2.83. The maximum absolute atomic E-state index is 12.1. The lowest BCUT2D eigenvalue weighted by atomic mass is 9.93. The van der Waals surface area contributed by atoms with E-state index in [1.54, 1.807) is 18.3 Å². The topological polar surface area (TPSA) is 68.0 Å². The van der Waals surface area contributed by atoms with Crippen molar-refractivity contribution in [3.05, 3.63) is 39.8 Å². The third kappa shape index (κ3) is 3.25. The van der Waals surface area contributed by atoms with Crippen LogP contribution in [0.1, 0.15) is 42.6 Å². The summed E-state index contributed by atoms with van der Waals surface area (Å²) in [5.41, 5.74) is 1.06. The van der Waals surface area contributed by atoms with Gasteiger partial charge in [0.25, 0.3) is 5.91 Å². The number of amides is 1. The van der Waals surface area contributed by atoms with Crippen LogP contribution in [-0.2, 0) is 5.41 Å². The van der Waals surface area contributed by atoms with Gasteiger partial charge in [0.2, 0.25) is 0 Å². The quantitative estimate of drug-likeness (QED) is 0.907. The van der Waals surface area contributed by atoms with Gasteiger partial charge in [0.1, 0.15) is 11.6 Å². The third-order valence-electron chi connectivity index (χ3n) is 2.77. The minimum absolute atomic E-state index is 0.183. The number of hydrogen-bond acceptors (Lipinski definition) is 4. The molecule has 0 aromatic carbocycles. The van der Waals surface area contributed by atoms with E-state index in [1.165, 1.54) is 0 Å². The van der Waals surface area contributed by atoms with Gasteiger partial charge in [-0.2, -0.15) is 0 Å². The molecule has 2 aromatic rings. The van der Waals surface area contributed by atoms with Crippen LogP contribution in [-0.4, -0.2) is 16.0 Å². The monoisotopic (exact) mass is 337 g/mol. The van der Waals surface area contributed by atoms with E-state index < -0.39 is 0 Å². The van der Waals surface area contributed by atoms with E-state index in [9.17, 15) is 4.79 Å². The van der Waals surface area contributed by atoms with Crippen molar-refractivity contribution >= 4 is 27.7 Å². The van der Waals surface area contributed by atoms with Crippen molar-refractivity contribution in [2.24, 2.45) is 0 Å². The number of halogens is 1. The van der Waals surface area contributed by atoms with Crippen molar-refractivity contribution in [1.29, 1.82) is 0 Å². The number of aromatic nitrogens is 2. The second-order valence-corrected chi connectivity index (χ2v) is 6.45. The SMILES string of the molecule is Cc1cc(NC(=O)c2cc(C(C)(C)C)on2)ncc1Br. The normalized spacial score (nSPS) is 11.4. The summed E-state index contributed by atoms with van der Waals surface area (Å²) in [7, 11) is 0. The lowest BCUT2D eigenvalue weighted by Crippen LogP contribution is -2.14. The summed E-state index contributed by atoms with van der Waals surface area (Å²) in [6, 6.07) is 3.44. The fraction of sp³-hybridized carbons (Fsp3) is 0.357. The Morgan fingerprint density at radius 1 is 1.35 bits per heavy atom. The predicted molar refractivity (Wildman–Crippen MR) is 79.8 cm³/mol. The van der Waals surface area contributed by atoms with E-state index in [-0.39, 0.29) is 17.0 Å². The minimum atomic E-state index is -0.335. The standard InChI is InChI=1S/C14H16BrN3O2/c1-8-5-12(16-7-9(8)15)17-13(19)10-6-11(20-18-10)14(2,3)4/h5-7H,1-4H3,(H,16,17,19). The van der Waals surface area contributed by atoms with E-state index in [0.29, 0.717) is 11.6 Å². The number of carbonyl (C=O) groups is 1. The number of aryl methyl sites for hydroxylation is 1. The van der Waals surface area contributed by atoms with E-state index in [4.69, 9.17) is 4.52 Å². The number of anilines is 1. The Morgan fingerprint density at radius 2 is 2.05 bits per heavy atom. The first-order valence-electron chi connectivity index (χ1n) is 6.18. The molecular formula is C14H16BrN3O2. The molecule has 2 aromatic heterocycles. The lowest BCUT2D eigenvalue weighted by Gasteiger charge is -2.12. The van der Waals surface area contributed by atoms with Crippen LogP contribution < -0.4 is 5.32 Å². The van der Waals surface area contributed by atoms with Crippen LogP contribution in [0.2, 0.25) is 0 Å². The maximum Gasteiger partial charge on any atom is 0.279 e. The maximum atomic E-state index is 12.1. The predicted octanol–water partition coefficient (Wildman–Crippen LogP) is 3.69. The van der Waals surface area contributed by atoms with Gasteiger partial charge >= 0.3 is 0 Å². The number of carbonyl (C=O) groups excluding carboxylic acids is 1. The van der Waals surface area contributed by atoms with Crippen LogP contribution in [0, 0.1) is 6.92 Å². The molecule has 20 heavy (non-hydrogen) atoms. The molecule has 1 N–H and O–H groups in total. The number of hydrogen-bond donors (Lipinski definition) is 1. The molecular weight excluding hydrogens is 322 g/mol. The smallest absolute Gasteiger partial charge is 0.279 e. The molecule has 0 atom stereocenters. The van der Waals surface area contributed by atoms with Crippen LogP contribution in [0.25, 0.3) is 0 Å². The molecule has 0 spiro atoms. The van der Waals surface area contributed by atoms with Crippen LogP contribution in [0.15, 0.2) is 27.3 Å². The van der Waals surface area contributed by atoms with Gasteiger partial charge in [-0.25, -0.2) is 4.98 Å². The highest BCUT2D eigenvalue weighted by Crippen LogP contribution is 2.23. The Labute approximate surface area is 125 Å². The minimum Gasteiger partial charge on any atom is -0.360 e. The molecule has 5 nitrogen and oxygen atoms in total. The first-order valence-corrected chi connectivity index (χ1v) is 6.97. The van der Waals surface area contributed by atoms with Crippen molar-refractivity contribution < 1.29 is 9.32 Å². The highest BCUT2D eigenvalue weighted by molar-refractivity contribution is 9.10. The van der Waals surface area contributed by atoms with Crippen molar-refractivity contribution in [2.75, 3.05) is 5.32 Å². The van der Waals surface area contributed by atoms with E-state index >= 15 is 0 Å². The summed E-state index contributed by atoms with van der Waals surface area (Å²) in [6.45, 7) is 7.91. The molecule has 6 heteroatoms. The van der Waals surface area contributed by atoms with E-state index in [2.05, 4.69) is 31.4 Å². The van der Waals surface area contributed by atoms with Crippen molar-refractivity contribution in [2.45, 2.75) is 33.1 Å². The van der Waals surface area contributed by atoms with Crippen LogP contribution in [0.5, 0.6) is 0 Å². The number of pyridine rings is 1. The molecule has 0 unspecified atom stereocenters. The molecule has 0 saturated carbocycles. The van der Waals surface area contributed by atoms with Gasteiger partial charge in [0.15, 0.2) is 5.69 Å². The van der Waals surface area contributed by atoms with Crippen LogP contribution >= 0.6 is 15.9 Å². The average molecular weight is 338 g/mol. The molecule has 0 aliphatic carbocycles. The van der Waals surface area contributed by atoms with Crippen LogP contribution in [0.4, 0.5) is 5.82 Å². The Hall–Kier alpha value is -1.69. The second kappa shape index (κ2) is 5.36. The number of nitrogens with zero attached hydrogens (tertiary/aromatic N) is 2. The Balaban J connectivity index is 2.16. The molecule has 0 saturated heterocycles. The highest BCUT2D eigenvalue weighted by atomic mass is 79.9. The van der Waals surface area contributed by atoms with Gasteiger partial charge in [-0.1, -0.05) is 25.9 Å². The first kappa shape index (κ1) is 14.7.